The molecule has 0 bridgehead atoms. The van der Waals surface area contributed by atoms with Gasteiger partial charge in [-0.25, -0.2) is 8.42 Å². The van der Waals surface area contributed by atoms with Gasteiger partial charge in [-0.1, -0.05) is 37.6 Å². The summed E-state index contributed by atoms with van der Waals surface area (Å²) in [6.45, 7) is 5.91. The van der Waals surface area contributed by atoms with Gasteiger partial charge in [0.1, 0.15) is 10.1 Å². The Morgan fingerprint density at radius 2 is 2.12 bits per heavy atom. The van der Waals surface area contributed by atoms with Crippen LogP contribution in [-0.2, 0) is 10.1 Å². The fraction of sp³-hybridized carbons (Fsp3) is 0.500. The smallest absolute Gasteiger partial charge is 0.120 e. The average molecular weight is 241 g/mol. The van der Waals surface area contributed by atoms with E-state index in [1.54, 1.807) is 6.08 Å². The van der Waals surface area contributed by atoms with Crippen LogP contribution in [0.25, 0.3) is 0 Å². The summed E-state index contributed by atoms with van der Waals surface area (Å²) in [6, 6.07) is 0. The van der Waals surface area contributed by atoms with Crippen LogP contribution in [0.1, 0.15) is 33.6 Å². The standard InChI is InChI=1S/C12H18O3S/c1-4-5-8-12(3)9-11(16(13,14)15)7-6-10(12)2/h5-8H,4,9H2,1-3H3,(H,13,14,15)/p-1. The first-order chi connectivity index (χ1) is 7.29. The minimum Gasteiger partial charge on any atom is -0.744 e. The lowest BCUT2D eigenvalue weighted by Gasteiger charge is -2.32. The first kappa shape index (κ1) is 13.2. The molecule has 0 heterocycles. The topological polar surface area (TPSA) is 57.2 Å². The Hall–Kier alpha value is -0.870. The Balaban J connectivity index is 3.09. The Labute approximate surface area is 97.3 Å². The molecule has 0 aromatic carbocycles. The van der Waals surface area contributed by atoms with Crippen molar-refractivity contribution in [3.05, 3.63) is 34.8 Å². The van der Waals surface area contributed by atoms with Gasteiger partial charge in [-0.15, -0.1) is 0 Å². The van der Waals surface area contributed by atoms with Gasteiger partial charge in [0.05, 0.1) is 0 Å². The number of rotatable bonds is 3. The first-order valence-electron chi connectivity index (χ1n) is 5.31. The molecule has 90 valence electrons. The van der Waals surface area contributed by atoms with Crippen LogP contribution >= 0.6 is 0 Å². The summed E-state index contributed by atoms with van der Waals surface area (Å²) in [6.07, 6.45) is 8.27. The van der Waals surface area contributed by atoms with Crippen molar-refractivity contribution in [2.45, 2.75) is 33.6 Å². The van der Waals surface area contributed by atoms with Crippen LogP contribution < -0.4 is 0 Å². The van der Waals surface area contributed by atoms with E-state index in [2.05, 4.69) is 0 Å². The number of hydrogen-bond donors (Lipinski definition) is 0. The fourth-order valence-electron chi connectivity index (χ4n) is 1.71. The molecule has 0 spiro atoms. The highest BCUT2D eigenvalue weighted by Gasteiger charge is 2.28. The van der Waals surface area contributed by atoms with Crippen molar-refractivity contribution in [2.24, 2.45) is 5.41 Å². The van der Waals surface area contributed by atoms with Crippen molar-refractivity contribution < 1.29 is 13.0 Å². The summed E-state index contributed by atoms with van der Waals surface area (Å²) in [5, 5.41) is 0. The van der Waals surface area contributed by atoms with Crippen molar-refractivity contribution >= 4 is 10.1 Å². The lowest BCUT2D eigenvalue weighted by molar-refractivity contribution is 0.453. The molecule has 0 fully saturated rings. The maximum absolute atomic E-state index is 11.0. The van der Waals surface area contributed by atoms with Gasteiger partial charge in [0.2, 0.25) is 0 Å². The van der Waals surface area contributed by atoms with E-state index in [-0.39, 0.29) is 16.7 Å². The molecule has 0 N–H and O–H groups in total. The van der Waals surface area contributed by atoms with E-state index >= 15 is 0 Å². The maximum Gasteiger partial charge on any atom is 0.120 e. The second-order valence-corrected chi connectivity index (χ2v) is 5.77. The highest BCUT2D eigenvalue weighted by molar-refractivity contribution is 7.89. The Morgan fingerprint density at radius 3 is 2.62 bits per heavy atom. The molecule has 0 aliphatic heterocycles. The molecule has 1 unspecified atom stereocenters. The Morgan fingerprint density at radius 1 is 1.50 bits per heavy atom. The third-order valence-corrected chi connectivity index (χ3v) is 3.93. The lowest BCUT2D eigenvalue weighted by Crippen LogP contribution is -2.21. The zero-order valence-electron chi connectivity index (χ0n) is 9.86. The molecule has 4 heteroatoms. The predicted octanol–water partition coefficient (Wildman–Crippen LogP) is 2.74. The molecule has 0 saturated carbocycles. The third-order valence-electron chi connectivity index (χ3n) is 3.00. The number of allylic oxidation sites excluding steroid dienone is 6. The molecule has 1 aliphatic rings. The van der Waals surface area contributed by atoms with Gasteiger partial charge in [-0.05, 0) is 25.8 Å². The maximum atomic E-state index is 11.0. The second-order valence-electron chi connectivity index (χ2n) is 4.34. The molecule has 16 heavy (non-hydrogen) atoms. The van der Waals surface area contributed by atoms with E-state index in [0.29, 0.717) is 0 Å². The van der Waals surface area contributed by atoms with Crippen LogP contribution in [0.5, 0.6) is 0 Å². The van der Waals surface area contributed by atoms with Crippen LogP contribution in [-0.4, -0.2) is 13.0 Å². The SMILES string of the molecule is CCC=CC1(C)CC(S(=O)(=O)[O-])=CC=C1C. The fourth-order valence-corrected chi connectivity index (χ4v) is 2.42. The zero-order valence-corrected chi connectivity index (χ0v) is 10.7. The molecule has 1 atom stereocenters. The van der Waals surface area contributed by atoms with Gasteiger partial charge in [-0.2, -0.15) is 0 Å². The van der Waals surface area contributed by atoms with Gasteiger partial charge in [0, 0.05) is 10.3 Å². The zero-order chi connectivity index (χ0) is 12.4. The molecule has 1 rings (SSSR count). The van der Waals surface area contributed by atoms with Crippen molar-refractivity contribution in [3.8, 4) is 0 Å². The highest BCUT2D eigenvalue weighted by atomic mass is 32.2. The molecule has 1 aliphatic carbocycles. The van der Waals surface area contributed by atoms with Crippen LogP contribution in [0, 0.1) is 5.41 Å². The van der Waals surface area contributed by atoms with Crippen LogP contribution in [0.3, 0.4) is 0 Å². The molecule has 0 aromatic rings. The summed E-state index contributed by atoms with van der Waals surface area (Å²) in [5.41, 5.74) is 0.724. The molecule has 3 nitrogen and oxygen atoms in total. The molecule has 0 saturated heterocycles. The summed E-state index contributed by atoms with van der Waals surface area (Å²) in [7, 11) is -4.31. The van der Waals surface area contributed by atoms with Crippen molar-refractivity contribution in [1.29, 1.82) is 0 Å². The van der Waals surface area contributed by atoms with E-state index in [4.69, 9.17) is 0 Å². The van der Waals surface area contributed by atoms with Crippen LogP contribution in [0.2, 0.25) is 0 Å². The van der Waals surface area contributed by atoms with Crippen LogP contribution in [0.15, 0.2) is 34.8 Å². The Kier molecular flexibility index (Phi) is 3.76. The van der Waals surface area contributed by atoms with Gasteiger partial charge < -0.3 is 4.55 Å². The van der Waals surface area contributed by atoms with Crippen molar-refractivity contribution in [1.82, 2.24) is 0 Å². The van der Waals surface area contributed by atoms with Gasteiger partial charge in [0.25, 0.3) is 0 Å². The first-order valence-corrected chi connectivity index (χ1v) is 6.72. The van der Waals surface area contributed by atoms with Crippen molar-refractivity contribution in [3.63, 3.8) is 0 Å². The predicted molar refractivity (Wildman–Crippen MR) is 63.7 cm³/mol. The van der Waals surface area contributed by atoms with Gasteiger partial charge >= 0.3 is 0 Å². The summed E-state index contributed by atoms with van der Waals surface area (Å²) < 4.78 is 32.9. The summed E-state index contributed by atoms with van der Waals surface area (Å²) in [4.78, 5) is -0.0265. The van der Waals surface area contributed by atoms with Gasteiger partial charge in [0.15, 0.2) is 0 Å². The molecule has 0 radical (unpaired) electrons. The van der Waals surface area contributed by atoms with Gasteiger partial charge in [-0.3, -0.25) is 0 Å². The van der Waals surface area contributed by atoms with E-state index in [0.717, 1.165) is 12.0 Å². The number of hydrogen-bond acceptors (Lipinski definition) is 3. The molecular weight excluding hydrogens is 224 g/mol. The normalized spacial score (nSPS) is 26.8. The van der Waals surface area contributed by atoms with E-state index in [1.165, 1.54) is 6.08 Å². The minimum atomic E-state index is -4.31. The second kappa shape index (κ2) is 4.55. The lowest BCUT2D eigenvalue weighted by atomic mass is 9.77. The summed E-state index contributed by atoms with van der Waals surface area (Å²) >= 11 is 0. The van der Waals surface area contributed by atoms with E-state index in [9.17, 15) is 13.0 Å². The Bertz CT molecular complexity index is 455. The molecular formula is C12H17O3S-. The largest absolute Gasteiger partial charge is 0.744 e. The third kappa shape index (κ3) is 2.83. The minimum absolute atomic E-state index is 0.0265. The molecule has 0 aromatic heterocycles. The summed E-state index contributed by atoms with van der Waals surface area (Å²) in [5.74, 6) is 0. The van der Waals surface area contributed by atoms with E-state index < -0.39 is 10.1 Å². The van der Waals surface area contributed by atoms with E-state index in [1.807, 2.05) is 32.9 Å². The van der Waals surface area contributed by atoms with Crippen LogP contribution in [0.4, 0.5) is 0 Å². The average Bonchev–Trinajstić information content (AvgIpc) is 2.18. The quantitative estimate of drug-likeness (QED) is 0.564. The van der Waals surface area contributed by atoms with Crippen molar-refractivity contribution in [2.75, 3.05) is 0 Å². The monoisotopic (exact) mass is 241 g/mol. The highest BCUT2D eigenvalue weighted by Crippen LogP contribution is 2.39. The molecule has 0 amide bonds.